The van der Waals surface area contributed by atoms with Crippen molar-refractivity contribution >= 4 is 27.5 Å². The Labute approximate surface area is 99.2 Å². The van der Waals surface area contributed by atoms with E-state index in [1.807, 2.05) is 30.3 Å². The van der Waals surface area contributed by atoms with Crippen LogP contribution in [-0.4, -0.2) is 10.7 Å². The lowest BCUT2D eigenvalue weighted by Crippen LogP contribution is -2.16. The predicted octanol–water partition coefficient (Wildman–Crippen LogP) is 3.58. The van der Waals surface area contributed by atoms with Crippen molar-refractivity contribution in [1.82, 2.24) is 0 Å². The van der Waals surface area contributed by atoms with E-state index in [1.54, 1.807) is 0 Å². The maximum absolute atomic E-state index is 11.6. The van der Waals surface area contributed by atoms with Gasteiger partial charge in [-0.05, 0) is 18.6 Å². The highest BCUT2D eigenvalue weighted by atomic mass is 79.9. The van der Waals surface area contributed by atoms with Gasteiger partial charge >= 0.3 is 0 Å². The van der Waals surface area contributed by atoms with Gasteiger partial charge in [-0.2, -0.15) is 0 Å². The van der Waals surface area contributed by atoms with Crippen LogP contribution in [0.15, 0.2) is 30.3 Å². The van der Waals surface area contributed by atoms with Crippen molar-refractivity contribution in [2.24, 2.45) is 0 Å². The van der Waals surface area contributed by atoms with Crippen LogP contribution in [0.25, 0.3) is 0 Å². The second kappa shape index (κ2) is 6.62. The molecule has 1 rings (SSSR count). The minimum atomic E-state index is 0.0662. The van der Waals surface area contributed by atoms with Crippen molar-refractivity contribution in [2.45, 2.75) is 31.0 Å². The first-order chi connectivity index (χ1) is 7.22. The van der Waals surface area contributed by atoms with Gasteiger partial charge in [-0.3, -0.25) is 4.79 Å². The van der Waals surface area contributed by atoms with E-state index in [1.165, 1.54) is 0 Å². The average molecular weight is 270 g/mol. The smallest absolute Gasteiger partial charge is 0.225 e. The summed E-state index contributed by atoms with van der Waals surface area (Å²) in [6, 6.07) is 9.53. The maximum Gasteiger partial charge on any atom is 0.225 e. The van der Waals surface area contributed by atoms with Crippen molar-refractivity contribution in [3.8, 4) is 0 Å². The molecule has 1 atom stereocenters. The van der Waals surface area contributed by atoms with Gasteiger partial charge in [0.25, 0.3) is 0 Å². The minimum Gasteiger partial charge on any atom is -0.326 e. The molecule has 0 aromatic heterocycles. The zero-order valence-corrected chi connectivity index (χ0v) is 10.5. The van der Waals surface area contributed by atoms with Crippen molar-refractivity contribution in [1.29, 1.82) is 0 Å². The molecule has 0 radical (unpaired) electrons. The zero-order chi connectivity index (χ0) is 11.1. The molecule has 0 aliphatic heterocycles. The summed E-state index contributed by atoms with van der Waals surface area (Å²) in [5, 5.41) is 2.86. The molecular formula is C12H16BrNO. The number of benzene rings is 1. The summed E-state index contributed by atoms with van der Waals surface area (Å²) in [5.74, 6) is 0.0662. The monoisotopic (exact) mass is 269 g/mol. The Morgan fingerprint density at radius 2 is 2.07 bits per heavy atom. The summed E-state index contributed by atoms with van der Waals surface area (Å²) in [5.41, 5.74) is 0.860. The molecule has 0 heterocycles. The Hall–Kier alpha value is -0.830. The Bertz CT molecular complexity index is 300. The van der Waals surface area contributed by atoms with Crippen LogP contribution in [-0.2, 0) is 4.79 Å². The number of alkyl halides is 1. The fraction of sp³-hybridized carbons (Fsp3) is 0.417. The van der Waals surface area contributed by atoms with E-state index in [-0.39, 0.29) is 10.7 Å². The SMILES string of the molecule is CCCC(Br)CC(=O)Nc1ccccc1. The largest absolute Gasteiger partial charge is 0.326 e. The standard InChI is InChI=1S/C12H16BrNO/c1-2-6-10(13)9-12(15)14-11-7-4-3-5-8-11/h3-5,7-8,10H,2,6,9H2,1H3,(H,14,15). The van der Waals surface area contributed by atoms with Crippen molar-refractivity contribution in [3.63, 3.8) is 0 Å². The molecule has 0 spiro atoms. The first-order valence-corrected chi connectivity index (χ1v) is 6.13. The third-order valence-electron chi connectivity index (χ3n) is 2.07. The van der Waals surface area contributed by atoms with Crippen LogP contribution >= 0.6 is 15.9 Å². The van der Waals surface area contributed by atoms with E-state index in [0.29, 0.717) is 6.42 Å². The lowest BCUT2D eigenvalue weighted by Gasteiger charge is -2.08. The molecule has 1 aromatic carbocycles. The lowest BCUT2D eigenvalue weighted by molar-refractivity contribution is -0.116. The Morgan fingerprint density at radius 1 is 1.40 bits per heavy atom. The zero-order valence-electron chi connectivity index (χ0n) is 8.87. The van der Waals surface area contributed by atoms with Crippen LogP contribution in [0, 0.1) is 0 Å². The van der Waals surface area contributed by atoms with Gasteiger partial charge in [0.15, 0.2) is 0 Å². The van der Waals surface area contributed by atoms with Crippen LogP contribution in [0.2, 0.25) is 0 Å². The highest BCUT2D eigenvalue weighted by Gasteiger charge is 2.09. The summed E-state index contributed by atoms with van der Waals surface area (Å²) < 4.78 is 0. The number of amides is 1. The number of nitrogens with one attached hydrogen (secondary N) is 1. The van der Waals surface area contributed by atoms with Crippen LogP contribution in [0.1, 0.15) is 26.2 Å². The van der Waals surface area contributed by atoms with Crippen molar-refractivity contribution in [2.75, 3.05) is 5.32 Å². The van der Waals surface area contributed by atoms with Gasteiger partial charge in [0.05, 0.1) is 0 Å². The predicted molar refractivity (Wildman–Crippen MR) is 67.3 cm³/mol. The number of halogens is 1. The number of hydrogen-bond donors (Lipinski definition) is 1. The summed E-state index contributed by atoms with van der Waals surface area (Å²) in [6.07, 6.45) is 2.65. The molecule has 1 N–H and O–H groups in total. The Kier molecular flexibility index (Phi) is 5.40. The third-order valence-corrected chi connectivity index (χ3v) is 2.85. The number of rotatable bonds is 5. The number of carbonyl (C=O) groups is 1. The van der Waals surface area contributed by atoms with Gasteiger partial charge in [0.2, 0.25) is 5.91 Å². The van der Waals surface area contributed by atoms with E-state index in [9.17, 15) is 4.79 Å². The molecule has 15 heavy (non-hydrogen) atoms. The quantitative estimate of drug-likeness (QED) is 0.814. The first-order valence-electron chi connectivity index (χ1n) is 5.21. The minimum absolute atomic E-state index is 0.0662. The van der Waals surface area contributed by atoms with Gasteiger partial charge in [0.1, 0.15) is 0 Å². The van der Waals surface area contributed by atoms with Gasteiger partial charge < -0.3 is 5.32 Å². The van der Waals surface area contributed by atoms with Gasteiger partial charge in [0, 0.05) is 16.9 Å². The van der Waals surface area contributed by atoms with E-state index in [4.69, 9.17) is 0 Å². The summed E-state index contributed by atoms with van der Waals surface area (Å²) in [4.78, 5) is 11.8. The van der Waals surface area contributed by atoms with E-state index in [2.05, 4.69) is 28.2 Å². The molecular weight excluding hydrogens is 254 g/mol. The first kappa shape index (κ1) is 12.2. The fourth-order valence-electron chi connectivity index (χ4n) is 1.35. The maximum atomic E-state index is 11.6. The molecule has 0 saturated heterocycles. The third kappa shape index (κ3) is 4.98. The van der Waals surface area contributed by atoms with Crippen LogP contribution < -0.4 is 5.32 Å². The Balaban J connectivity index is 2.36. The van der Waals surface area contributed by atoms with E-state index in [0.717, 1.165) is 18.5 Å². The van der Waals surface area contributed by atoms with Crippen LogP contribution in [0.4, 0.5) is 5.69 Å². The highest BCUT2D eigenvalue weighted by molar-refractivity contribution is 9.09. The molecule has 0 aliphatic carbocycles. The summed E-state index contributed by atoms with van der Waals surface area (Å²) in [6.45, 7) is 2.11. The second-order valence-electron chi connectivity index (χ2n) is 3.50. The average Bonchev–Trinajstić information content (AvgIpc) is 2.19. The topological polar surface area (TPSA) is 29.1 Å². The van der Waals surface area contributed by atoms with Crippen LogP contribution in [0.5, 0.6) is 0 Å². The van der Waals surface area contributed by atoms with E-state index >= 15 is 0 Å². The van der Waals surface area contributed by atoms with Crippen LogP contribution in [0.3, 0.4) is 0 Å². The molecule has 0 aliphatic rings. The van der Waals surface area contributed by atoms with Gasteiger partial charge in [-0.15, -0.1) is 0 Å². The fourth-order valence-corrected chi connectivity index (χ4v) is 2.10. The number of carbonyl (C=O) groups excluding carboxylic acids is 1. The van der Waals surface area contributed by atoms with Crippen molar-refractivity contribution < 1.29 is 4.79 Å². The molecule has 1 aromatic rings. The number of para-hydroxylation sites is 1. The molecule has 1 unspecified atom stereocenters. The number of anilines is 1. The molecule has 0 saturated carbocycles. The van der Waals surface area contributed by atoms with Gasteiger partial charge in [-0.1, -0.05) is 47.5 Å². The molecule has 1 amide bonds. The van der Waals surface area contributed by atoms with Crippen molar-refractivity contribution in [3.05, 3.63) is 30.3 Å². The lowest BCUT2D eigenvalue weighted by atomic mass is 10.2. The Morgan fingerprint density at radius 3 is 2.67 bits per heavy atom. The molecule has 82 valence electrons. The number of hydrogen-bond acceptors (Lipinski definition) is 1. The molecule has 3 heteroatoms. The summed E-state index contributed by atoms with van der Waals surface area (Å²) in [7, 11) is 0. The van der Waals surface area contributed by atoms with Gasteiger partial charge in [-0.25, -0.2) is 0 Å². The normalized spacial score (nSPS) is 12.1. The molecule has 0 fully saturated rings. The summed E-state index contributed by atoms with van der Waals surface area (Å²) >= 11 is 3.49. The second-order valence-corrected chi connectivity index (χ2v) is 4.80. The molecule has 0 bridgehead atoms. The van der Waals surface area contributed by atoms with E-state index < -0.39 is 0 Å². The highest BCUT2D eigenvalue weighted by Crippen LogP contribution is 2.13. The molecule has 2 nitrogen and oxygen atoms in total.